The lowest BCUT2D eigenvalue weighted by molar-refractivity contribution is -0.113. The van der Waals surface area contributed by atoms with Crippen LogP contribution < -0.4 is 0 Å². The van der Waals surface area contributed by atoms with Crippen molar-refractivity contribution in [3.05, 3.63) is 34.4 Å². The second-order valence-electron chi connectivity index (χ2n) is 3.31. The summed E-state index contributed by atoms with van der Waals surface area (Å²) < 4.78 is 0. The van der Waals surface area contributed by atoms with Gasteiger partial charge in [0.05, 0.1) is 5.57 Å². The number of amides is 1. The van der Waals surface area contributed by atoms with E-state index >= 15 is 0 Å². The molecular formula is C10H7NO. The molecule has 0 N–H and O–H groups in total. The lowest BCUT2D eigenvalue weighted by Gasteiger charge is -1.99. The molecule has 0 spiro atoms. The normalized spacial score (nSPS) is 24.4. The first kappa shape index (κ1) is 6.12. The van der Waals surface area contributed by atoms with Crippen LogP contribution in [0.2, 0.25) is 0 Å². The summed E-state index contributed by atoms with van der Waals surface area (Å²) in [7, 11) is 0. The van der Waals surface area contributed by atoms with Gasteiger partial charge in [-0.2, -0.15) is 0 Å². The van der Waals surface area contributed by atoms with Gasteiger partial charge in [-0.15, -0.1) is 0 Å². The molecule has 0 radical (unpaired) electrons. The van der Waals surface area contributed by atoms with Crippen molar-refractivity contribution in [2.24, 2.45) is 4.99 Å². The quantitative estimate of drug-likeness (QED) is 0.524. The Kier molecular flexibility index (Phi) is 0.845. The van der Waals surface area contributed by atoms with Crippen LogP contribution in [-0.4, -0.2) is 11.6 Å². The summed E-state index contributed by atoms with van der Waals surface area (Å²) in [5.74, 6) is -0.0446. The maximum absolute atomic E-state index is 11.3. The molecular weight excluding hydrogens is 150 g/mol. The monoisotopic (exact) mass is 157 g/mol. The van der Waals surface area contributed by atoms with Crippen LogP contribution in [-0.2, 0) is 4.79 Å². The molecule has 3 aliphatic rings. The average Bonchev–Trinajstić information content (AvgIpc) is 2.64. The number of carbonyl (C=O) groups excluding carboxylic acids is 1. The standard InChI is InChI=1S/C10H7NO/c1-5-8-6-2-3-7(4-6)9(8)10(12)11-5/h2-3H,4H2,1H3. The molecule has 0 saturated heterocycles. The molecule has 1 heterocycles. The van der Waals surface area contributed by atoms with E-state index in [0.29, 0.717) is 0 Å². The van der Waals surface area contributed by atoms with Gasteiger partial charge in [0.15, 0.2) is 0 Å². The van der Waals surface area contributed by atoms with E-state index in [4.69, 9.17) is 0 Å². The van der Waals surface area contributed by atoms with Crippen LogP contribution in [0, 0.1) is 0 Å². The number of aliphatic imine (C=N–C) groups is 1. The third kappa shape index (κ3) is 0.491. The number of carbonyl (C=O) groups is 1. The Hall–Kier alpha value is -1.44. The van der Waals surface area contributed by atoms with Gasteiger partial charge in [-0.25, -0.2) is 4.99 Å². The fourth-order valence-electron chi connectivity index (χ4n) is 2.11. The topological polar surface area (TPSA) is 29.4 Å². The predicted octanol–water partition coefficient (Wildman–Crippen LogP) is 1.55. The van der Waals surface area contributed by atoms with Crippen molar-refractivity contribution in [2.75, 3.05) is 0 Å². The van der Waals surface area contributed by atoms with Crippen LogP contribution in [0.25, 0.3) is 0 Å². The second kappa shape index (κ2) is 1.66. The van der Waals surface area contributed by atoms with Gasteiger partial charge in [-0.3, -0.25) is 4.79 Å². The molecule has 2 heteroatoms. The van der Waals surface area contributed by atoms with E-state index in [1.54, 1.807) is 0 Å². The van der Waals surface area contributed by atoms with Gasteiger partial charge in [0.25, 0.3) is 5.91 Å². The molecule has 0 saturated carbocycles. The molecule has 0 fully saturated rings. The molecule has 3 rings (SSSR count). The van der Waals surface area contributed by atoms with Gasteiger partial charge in [0.2, 0.25) is 0 Å². The molecule has 0 aromatic rings. The number of nitrogens with zero attached hydrogens (tertiary/aromatic N) is 1. The molecule has 1 aliphatic heterocycles. The highest BCUT2D eigenvalue weighted by Crippen LogP contribution is 2.42. The van der Waals surface area contributed by atoms with E-state index in [1.165, 1.54) is 5.57 Å². The van der Waals surface area contributed by atoms with E-state index in [1.807, 2.05) is 13.0 Å². The zero-order chi connectivity index (χ0) is 8.29. The summed E-state index contributed by atoms with van der Waals surface area (Å²) in [4.78, 5) is 15.3. The molecule has 0 atom stereocenters. The second-order valence-corrected chi connectivity index (χ2v) is 3.31. The Labute approximate surface area is 70.0 Å². The summed E-state index contributed by atoms with van der Waals surface area (Å²) in [6.45, 7) is 1.91. The first-order chi connectivity index (χ1) is 5.77. The van der Waals surface area contributed by atoms with Crippen LogP contribution in [0.15, 0.2) is 39.4 Å². The largest absolute Gasteiger partial charge is 0.278 e. The fraction of sp³-hybridized carbons (Fsp3) is 0.200. The summed E-state index contributed by atoms with van der Waals surface area (Å²) >= 11 is 0. The molecule has 0 unspecified atom stereocenters. The van der Waals surface area contributed by atoms with Gasteiger partial charge in [0, 0.05) is 11.3 Å². The Morgan fingerprint density at radius 3 is 2.58 bits per heavy atom. The summed E-state index contributed by atoms with van der Waals surface area (Å²) in [6.07, 6.45) is 5.06. The van der Waals surface area contributed by atoms with Crippen molar-refractivity contribution in [2.45, 2.75) is 13.3 Å². The lowest BCUT2D eigenvalue weighted by Crippen LogP contribution is -1.97. The van der Waals surface area contributed by atoms with Crippen LogP contribution >= 0.6 is 0 Å². The minimum Gasteiger partial charge on any atom is -0.267 e. The first-order valence-electron chi connectivity index (χ1n) is 4.02. The smallest absolute Gasteiger partial charge is 0.267 e. The molecule has 0 aromatic carbocycles. The van der Waals surface area contributed by atoms with E-state index in [-0.39, 0.29) is 5.91 Å². The van der Waals surface area contributed by atoms with Crippen molar-refractivity contribution in [3.8, 4) is 0 Å². The number of hydrogen-bond donors (Lipinski definition) is 0. The highest BCUT2D eigenvalue weighted by Gasteiger charge is 2.35. The van der Waals surface area contributed by atoms with Gasteiger partial charge in [0.1, 0.15) is 0 Å². The van der Waals surface area contributed by atoms with Gasteiger partial charge in [-0.1, -0.05) is 12.2 Å². The van der Waals surface area contributed by atoms with Crippen LogP contribution in [0.4, 0.5) is 0 Å². The summed E-state index contributed by atoms with van der Waals surface area (Å²) in [6, 6.07) is 0. The van der Waals surface area contributed by atoms with Crippen molar-refractivity contribution >= 4 is 11.6 Å². The highest BCUT2D eigenvalue weighted by atomic mass is 16.1. The van der Waals surface area contributed by atoms with Crippen LogP contribution in [0.5, 0.6) is 0 Å². The molecule has 1 amide bonds. The highest BCUT2D eigenvalue weighted by molar-refractivity contribution is 6.26. The molecule has 2 aliphatic carbocycles. The molecule has 2 bridgehead atoms. The minimum atomic E-state index is -0.0446. The van der Waals surface area contributed by atoms with Crippen molar-refractivity contribution in [1.82, 2.24) is 0 Å². The number of rotatable bonds is 0. The van der Waals surface area contributed by atoms with Crippen molar-refractivity contribution in [1.29, 1.82) is 0 Å². The zero-order valence-corrected chi connectivity index (χ0v) is 6.72. The first-order valence-corrected chi connectivity index (χ1v) is 4.02. The Morgan fingerprint density at radius 2 is 1.92 bits per heavy atom. The molecule has 12 heavy (non-hydrogen) atoms. The van der Waals surface area contributed by atoms with E-state index in [0.717, 1.165) is 28.9 Å². The summed E-state index contributed by atoms with van der Waals surface area (Å²) in [5.41, 5.74) is 5.30. The van der Waals surface area contributed by atoms with E-state index in [2.05, 4.69) is 11.1 Å². The fourth-order valence-corrected chi connectivity index (χ4v) is 2.11. The summed E-state index contributed by atoms with van der Waals surface area (Å²) in [5, 5.41) is 0. The third-order valence-electron chi connectivity index (χ3n) is 2.60. The maximum atomic E-state index is 11.3. The molecule has 0 aromatic heterocycles. The SMILES string of the molecule is CC1=NC(=O)C2=C3C=CC(=C12)C3. The van der Waals surface area contributed by atoms with Gasteiger partial charge < -0.3 is 0 Å². The van der Waals surface area contributed by atoms with Gasteiger partial charge in [-0.05, 0) is 24.5 Å². The number of fused-ring (bicyclic) bond motifs is 3. The van der Waals surface area contributed by atoms with E-state index in [9.17, 15) is 4.79 Å². The third-order valence-corrected chi connectivity index (χ3v) is 2.60. The van der Waals surface area contributed by atoms with Crippen LogP contribution in [0.3, 0.4) is 0 Å². The van der Waals surface area contributed by atoms with Crippen molar-refractivity contribution < 1.29 is 4.79 Å². The zero-order valence-electron chi connectivity index (χ0n) is 6.72. The number of allylic oxidation sites excluding steroid dienone is 4. The molecule has 58 valence electrons. The maximum Gasteiger partial charge on any atom is 0.278 e. The minimum absolute atomic E-state index is 0.0446. The van der Waals surface area contributed by atoms with Crippen LogP contribution in [0.1, 0.15) is 13.3 Å². The molecule has 2 nitrogen and oxygen atoms in total. The van der Waals surface area contributed by atoms with Gasteiger partial charge >= 0.3 is 0 Å². The lowest BCUT2D eigenvalue weighted by atomic mass is 10.0. The van der Waals surface area contributed by atoms with E-state index < -0.39 is 0 Å². The number of hydrogen-bond acceptors (Lipinski definition) is 1. The Bertz CT molecular complexity index is 433. The van der Waals surface area contributed by atoms with Crippen molar-refractivity contribution in [3.63, 3.8) is 0 Å². The predicted molar refractivity (Wildman–Crippen MR) is 45.9 cm³/mol. The Balaban J connectivity index is 2.39. The Morgan fingerprint density at radius 1 is 1.25 bits per heavy atom. The average molecular weight is 157 g/mol.